The molecule has 0 saturated carbocycles. The predicted molar refractivity (Wildman–Crippen MR) is 565 cm³/mol. The van der Waals surface area contributed by atoms with Crippen LogP contribution in [0, 0.1) is 60.9 Å². The number of aromatic nitrogens is 6. The molecule has 42 heteroatoms. The lowest BCUT2D eigenvalue weighted by Gasteiger charge is -2.38. The van der Waals surface area contributed by atoms with E-state index < -0.39 is 87.7 Å². The number of benzene rings is 3. The van der Waals surface area contributed by atoms with Gasteiger partial charge in [-0.25, -0.2) is 66.4 Å². The van der Waals surface area contributed by atoms with Crippen LogP contribution in [0.15, 0.2) is 150 Å². The van der Waals surface area contributed by atoms with E-state index in [1.165, 1.54) is 67.1 Å². The third-order valence-corrected chi connectivity index (χ3v) is 33.0. The molecular formula is C105H142F4N20O14S4. The fourth-order valence-corrected chi connectivity index (χ4v) is 25.1. The summed E-state index contributed by atoms with van der Waals surface area (Å²) in [6.07, 6.45) is 6.86. The molecule has 0 bridgehead atoms. The van der Waals surface area contributed by atoms with Gasteiger partial charge < -0.3 is 45.4 Å². The number of sulfonamides is 2. The van der Waals surface area contributed by atoms with Crippen LogP contribution in [0.1, 0.15) is 223 Å². The zero-order valence-corrected chi connectivity index (χ0v) is 90.5. The number of aryl methyl sites for hydroxylation is 2. The Morgan fingerprint density at radius 1 is 0.483 bits per heavy atom. The monoisotopic (exact) mass is 2110 g/mol. The first kappa shape index (κ1) is 112. The molecule has 16 rings (SSSR count). The molecule has 3 unspecified atom stereocenters. The average Bonchev–Trinajstić information content (AvgIpc) is 1.52. The summed E-state index contributed by atoms with van der Waals surface area (Å²) < 4.78 is 181. The van der Waals surface area contributed by atoms with Crippen molar-refractivity contribution in [3.8, 4) is 45.3 Å². The summed E-state index contributed by atoms with van der Waals surface area (Å²) in [5.41, 5.74) is 16.0. The Hall–Kier alpha value is -11.8. The Morgan fingerprint density at radius 2 is 0.952 bits per heavy atom. The van der Waals surface area contributed by atoms with Gasteiger partial charge in [-0.1, -0.05) is 67.0 Å². The van der Waals surface area contributed by atoms with Crippen LogP contribution in [-0.4, -0.2) is 233 Å². The Balaban J connectivity index is 0.000000175. The highest BCUT2D eigenvalue weighted by Crippen LogP contribution is 2.45. The number of nitrogens with one attached hydrogen (secondary N) is 4. The Bertz CT molecular complexity index is 6830. The van der Waals surface area contributed by atoms with Crippen LogP contribution in [0.4, 0.5) is 52.5 Å². The summed E-state index contributed by atoms with van der Waals surface area (Å²) in [5, 5.41) is -0.492. The number of hydrogen-bond donors (Lipinski definition) is 6. The number of carbonyl (C=O) groups is 4. The molecule has 0 aliphatic carbocycles. The van der Waals surface area contributed by atoms with E-state index in [1.54, 1.807) is 48.7 Å². The van der Waals surface area contributed by atoms with E-state index in [4.69, 9.17) is 30.9 Å². The number of alkyl halides is 1. The van der Waals surface area contributed by atoms with Crippen LogP contribution in [0.25, 0.3) is 33.8 Å². The third-order valence-electron chi connectivity index (χ3n) is 27.6. The standard InChI is InChI=1S/C28H35N5O4S.C27H36F2N4O4S.C27H40N6O3S.C23H29F2N5O3S.H2/c1-7-37-23-14-18(3)21(13-19(23)4)22-12-11-20(26(30-22)33-16-17(2)15-28(33,5)6)27(34)32-38(35,36)25-10-8-9-24(29)31-25;1-17(2)16-37-22-11-19(10-21(29)12-22)24-7-6-23(25(30-24)33-14-18(3)13-27(33,4)5)26(34)31-38(35,36)32-9-8-20(28)15-32;1-6-9-21(3)31-14-16-32(17-15-31)23-11-7-12-24(29-23)37(35,36)30-26(34)22-10-8-13-28-25(22)33-19-20(2)18-27(33,4)5;1-14-11-23(2,3)30(12-14)21-17(22(31)28-34(32,33)29-9-8-16(26)13-29)5-7-20(27-21)15-4-6-18(24)19(25)10-15;/h8-14,17H,7,15-16H2,1-6H3,(H2,29,31)(H,32,34);6-7,10-12,17-18,20H,8-9,13-16H2,1-5H3,(H,31,34);7-8,10-13,20-21H,6,9,14-19H2,1-5H3,(H,30,34);4-7,10,14,16H,8-9,11-13,26H2,1-3H3,(H,28,31);1H/t17-;18-,20?;;14-,16-;/m00.0./s1. The highest BCUT2D eigenvalue weighted by atomic mass is 32.2. The minimum Gasteiger partial charge on any atom is -0.494 e. The molecule has 4 amide bonds. The lowest BCUT2D eigenvalue weighted by Crippen LogP contribution is -2.49. The predicted octanol–water partition coefficient (Wildman–Crippen LogP) is 15.5. The van der Waals surface area contributed by atoms with Crippen molar-refractivity contribution in [2.75, 3.05) is 122 Å². The molecule has 7 aliphatic rings. The Labute approximate surface area is 863 Å². The van der Waals surface area contributed by atoms with Crippen LogP contribution in [0.2, 0.25) is 0 Å². The molecule has 3 aromatic carbocycles. The second kappa shape index (κ2) is 45.7. The quantitative estimate of drug-likeness (QED) is 0.0248. The number of pyridine rings is 6. The van der Waals surface area contributed by atoms with E-state index in [0.717, 1.165) is 108 Å². The summed E-state index contributed by atoms with van der Waals surface area (Å²) in [5.74, 6) is -0.514. The average molecular weight is 2110 g/mol. The summed E-state index contributed by atoms with van der Waals surface area (Å²) in [7, 11) is -16.7. The van der Waals surface area contributed by atoms with E-state index >= 15 is 0 Å². The minimum absolute atomic E-state index is 0. The number of hydrogen-bond acceptors (Lipinski definition) is 28. The van der Waals surface area contributed by atoms with Gasteiger partial charge in [-0.15, -0.1) is 0 Å². The summed E-state index contributed by atoms with van der Waals surface area (Å²) in [6, 6.07) is 33.9. The van der Waals surface area contributed by atoms with Crippen molar-refractivity contribution in [2.24, 2.45) is 35.3 Å². The maximum atomic E-state index is 14.5. The molecule has 7 fully saturated rings. The largest absolute Gasteiger partial charge is 0.494 e. The molecule has 7 saturated heterocycles. The number of amides is 4. The van der Waals surface area contributed by atoms with Crippen LogP contribution in [0.5, 0.6) is 11.5 Å². The van der Waals surface area contributed by atoms with Gasteiger partial charge in [0.05, 0.1) is 52.5 Å². The lowest BCUT2D eigenvalue weighted by molar-refractivity contribution is 0.0970. The molecule has 7 aliphatic heterocycles. The van der Waals surface area contributed by atoms with Crippen molar-refractivity contribution in [1.82, 2.24) is 62.3 Å². The van der Waals surface area contributed by atoms with Crippen LogP contribution in [0.3, 0.4) is 0 Å². The second-order valence-corrected chi connectivity index (χ2v) is 49.3. The van der Waals surface area contributed by atoms with Crippen molar-refractivity contribution < 1.29 is 81.3 Å². The van der Waals surface area contributed by atoms with Crippen LogP contribution in [-0.2, 0) is 40.5 Å². The number of anilines is 6. The Morgan fingerprint density at radius 3 is 1.41 bits per heavy atom. The van der Waals surface area contributed by atoms with Crippen LogP contribution < -0.4 is 64.3 Å². The van der Waals surface area contributed by atoms with E-state index in [-0.39, 0.29) is 106 Å². The number of carbonyl (C=O) groups excluding carboxylic acids is 4. The van der Waals surface area contributed by atoms with E-state index in [1.807, 2.05) is 90.3 Å². The van der Waals surface area contributed by atoms with Gasteiger partial charge in [-0.3, -0.25) is 24.1 Å². The fraction of sp³-hybridized carbons (Fsp3) is 0.505. The number of ether oxygens (including phenoxy) is 2. The van der Waals surface area contributed by atoms with E-state index in [9.17, 15) is 70.4 Å². The summed E-state index contributed by atoms with van der Waals surface area (Å²) in [4.78, 5) is 93.0. The van der Waals surface area contributed by atoms with Gasteiger partial charge in [0.1, 0.15) is 58.4 Å². The Kier molecular flexibility index (Phi) is 35.0. The molecule has 6 aromatic heterocycles. The van der Waals surface area contributed by atoms with Crippen molar-refractivity contribution in [2.45, 2.75) is 233 Å². The van der Waals surface area contributed by atoms with Crippen molar-refractivity contribution in [3.63, 3.8) is 0 Å². The molecular weight excluding hydrogens is 1970 g/mol. The molecule has 798 valence electrons. The minimum atomic E-state index is -4.25. The molecule has 13 heterocycles. The van der Waals surface area contributed by atoms with Crippen LogP contribution >= 0.6 is 0 Å². The number of nitrogen functional groups attached to an aromatic ring is 1. The SMILES string of the molecule is CC(C)COc1cc(F)cc(-c2ccc(C(=O)NS(=O)(=O)N3CCC(F)C3)c(N3C[C@@H](C)CC3(C)C)n2)c1.CCCC(C)N1CCN(c2cccc(S(=O)(=O)NC(=O)c3cccnc3N3CC(C)CC3(C)C)n2)CC1.CCOc1cc(C)c(-c2ccc(C(=O)NS(=O)(=O)c3cccc(N)n3)c(N3C[C@@H](C)CC3(C)C)n2)cc1C.C[C@@H]1CN(c2nc(-c3ccc(F)c(F)c3)ccc2C(=O)NS(=O)(=O)N2CC[C@H](N)C2)C(C)(C)C1.[HH]. The van der Waals surface area contributed by atoms with Gasteiger partial charge in [0, 0.05) is 143 Å². The normalized spacial score (nSPS) is 20.6. The second-order valence-electron chi connectivity index (χ2n) is 42.7. The van der Waals surface area contributed by atoms with Crippen molar-refractivity contribution in [3.05, 3.63) is 190 Å². The maximum Gasteiger partial charge on any atom is 0.304 e. The number of piperazine rings is 1. The fourth-order valence-electron chi connectivity index (χ4n) is 20.8. The van der Waals surface area contributed by atoms with E-state index in [0.29, 0.717) is 132 Å². The molecule has 9 aromatic rings. The highest BCUT2D eigenvalue weighted by molar-refractivity contribution is 7.90. The first-order valence-corrected chi connectivity index (χ1v) is 55.9. The van der Waals surface area contributed by atoms with Gasteiger partial charge in [-0.2, -0.15) is 42.3 Å². The summed E-state index contributed by atoms with van der Waals surface area (Å²) in [6.45, 7) is 46.5. The van der Waals surface area contributed by atoms with Gasteiger partial charge >= 0.3 is 20.4 Å². The van der Waals surface area contributed by atoms with Crippen molar-refractivity contribution >= 4 is 99.0 Å². The molecule has 8 N–H and O–H groups in total. The first-order valence-electron chi connectivity index (χ1n) is 50.1. The van der Waals surface area contributed by atoms with E-state index in [2.05, 4.69) is 128 Å². The molecule has 34 nitrogen and oxygen atoms in total. The number of nitrogens with two attached hydrogens (primary N) is 2. The molecule has 7 atom stereocenters. The van der Waals surface area contributed by atoms with Gasteiger partial charge in [0.2, 0.25) is 0 Å². The van der Waals surface area contributed by atoms with Gasteiger partial charge in [0.15, 0.2) is 21.7 Å². The molecule has 0 spiro atoms. The highest BCUT2D eigenvalue weighted by Gasteiger charge is 2.46. The lowest BCUT2D eigenvalue weighted by atomic mass is 9.97. The third kappa shape index (κ3) is 27.1. The van der Waals surface area contributed by atoms with Crippen molar-refractivity contribution in [1.29, 1.82) is 0 Å². The topological polar surface area (TPSA) is 427 Å². The molecule has 0 radical (unpaired) electrons. The maximum absolute atomic E-state index is 14.5. The summed E-state index contributed by atoms with van der Waals surface area (Å²) >= 11 is 0. The number of nitrogens with zero attached hydrogens (tertiary/aromatic N) is 14. The zero-order chi connectivity index (χ0) is 107. The zero-order valence-electron chi connectivity index (χ0n) is 87.2. The first-order chi connectivity index (χ1) is 68.9. The van der Waals surface area contributed by atoms with Gasteiger partial charge in [0.25, 0.3) is 43.7 Å². The number of halogens is 4. The number of rotatable bonds is 28. The molecule has 147 heavy (non-hydrogen) atoms. The smallest absolute Gasteiger partial charge is 0.304 e. The van der Waals surface area contributed by atoms with Gasteiger partial charge in [-0.05, 0) is 284 Å².